The van der Waals surface area contributed by atoms with Crippen LogP contribution in [-0.4, -0.2) is 6.61 Å². The van der Waals surface area contributed by atoms with Crippen LogP contribution in [0, 0.1) is 5.82 Å². The molecule has 0 N–H and O–H groups in total. The number of halogens is 1. The molecule has 0 bridgehead atoms. The van der Waals surface area contributed by atoms with Gasteiger partial charge in [-0.1, -0.05) is 19.6 Å². The van der Waals surface area contributed by atoms with Crippen LogP contribution in [0.25, 0.3) is 6.08 Å². The molecule has 0 amide bonds. The van der Waals surface area contributed by atoms with E-state index in [1.807, 2.05) is 6.92 Å². The van der Waals surface area contributed by atoms with E-state index in [0.717, 1.165) is 6.42 Å². The van der Waals surface area contributed by atoms with Gasteiger partial charge in [-0.05, 0) is 18.6 Å². The first kappa shape index (κ1) is 9.78. The molecule has 70 valence electrons. The van der Waals surface area contributed by atoms with Crippen LogP contribution in [0.1, 0.15) is 18.9 Å². The molecule has 0 saturated carbocycles. The zero-order chi connectivity index (χ0) is 9.68. The molecule has 1 aromatic carbocycles. The van der Waals surface area contributed by atoms with Gasteiger partial charge in [-0.15, -0.1) is 0 Å². The van der Waals surface area contributed by atoms with Gasteiger partial charge < -0.3 is 4.74 Å². The van der Waals surface area contributed by atoms with Crippen molar-refractivity contribution in [2.24, 2.45) is 0 Å². The van der Waals surface area contributed by atoms with Crippen LogP contribution in [0.5, 0.6) is 5.75 Å². The van der Waals surface area contributed by atoms with Gasteiger partial charge in [0.1, 0.15) is 11.6 Å². The second-order valence-corrected chi connectivity index (χ2v) is 2.74. The van der Waals surface area contributed by atoms with Crippen LogP contribution in [0.2, 0.25) is 0 Å². The maximum Gasteiger partial charge on any atom is 0.134 e. The van der Waals surface area contributed by atoms with Gasteiger partial charge >= 0.3 is 0 Å². The predicted molar refractivity (Wildman–Crippen MR) is 52.3 cm³/mol. The van der Waals surface area contributed by atoms with Gasteiger partial charge in [-0.2, -0.15) is 0 Å². The van der Waals surface area contributed by atoms with E-state index in [-0.39, 0.29) is 5.82 Å². The molecule has 1 aromatic rings. The summed E-state index contributed by atoms with van der Waals surface area (Å²) < 4.78 is 18.4. The minimum atomic E-state index is -0.288. The molecule has 0 atom stereocenters. The van der Waals surface area contributed by atoms with Crippen LogP contribution < -0.4 is 4.74 Å². The van der Waals surface area contributed by atoms with E-state index in [1.54, 1.807) is 12.1 Å². The van der Waals surface area contributed by atoms with E-state index in [1.165, 1.54) is 12.1 Å². The fraction of sp³-hybridized carbons (Fsp3) is 0.273. The number of rotatable bonds is 4. The Hall–Kier alpha value is -1.31. The standard InChI is InChI=1S/C11H13FO/c1-3-7-13-10-6-5-9(4-2)11(12)8-10/h4-6,8H,2-3,7H2,1H3. The van der Waals surface area contributed by atoms with Crippen molar-refractivity contribution in [1.29, 1.82) is 0 Å². The summed E-state index contributed by atoms with van der Waals surface area (Å²) in [5.41, 5.74) is 0.504. The smallest absolute Gasteiger partial charge is 0.134 e. The minimum Gasteiger partial charge on any atom is -0.494 e. The lowest BCUT2D eigenvalue weighted by Crippen LogP contribution is -1.95. The molecule has 2 heteroatoms. The second kappa shape index (κ2) is 4.65. The zero-order valence-electron chi connectivity index (χ0n) is 7.72. The lowest BCUT2D eigenvalue weighted by Gasteiger charge is -2.05. The van der Waals surface area contributed by atoms with Gasteiger partial charge in [-0.3, -0.25) is 0 Å². The molecular weight excluding hydrogens is 167 g/mol. The Morgan fingerprint density at radius 1 is 1.54 bits per heavy atom. The molecule has 0 radical (unpaired) electrons. The summed E-state index contributed by atoms with van der Waals surface area (Å²) in [5, 5.41) is 0. The molecule has 0 aliphatic rings. The Balaban J connectivity index is 2.77. The van der Waals surface area contributed by atoms with Crippen molar-refractivity contribution in [3.8, 4) is 5.75 Å². The van der Waals surface area contributed by atoms with Crippen molar-refractivity contribution in [2.45, 2.75) is 13.3 Å². The summed E-state index contributed by atoms with van der Waals surface area (Å²) in [4.78, 5) is 0. The highest BCUT2D eigenvalue weighted by atomic mass is 19.1. The predicted octanol–water partition coefficient (Wildman–Crippen LogP) is 3.26. The van der Waals surface area contributed by atoms with Crippen molar-refractivity contribution in [1.82, 2.24) is 0 Å². The number of benzene rings is 1. The Morgan fingerprint density at radius 3 is 2.85 bits per heavy atom. The Labute approximate surface area is 77.8 Å². The van der Waals surface area contributed by atoms with Crippen molar-refractivity contribution in [3.63, 3.8) is 0 Å². The van der Waals surface area contributed by atoms with Crippen LogP contribution in [0.15, 0.2) is 24.8 Å². The van der Waals surface area contributed by atoms with Gasteiger partial charge in [0.25, 0.3) is 0 Å². The van der Waals surface area contributed by atoms with Crippen molar-refractivity contribution in [2.75, 3.05) is 6.61 Å². The molecule has 1 rings (SSSR count). The molecule has 1 nitrogen and oxygen atoms in total. The minimum absolute atomic E-state index is 0.288. The van der Waals surface area contributed by atoms with Crippen LogP contribution >= 0.6 is 0 Å². The highest BCUT2D eigenvalue weighted by Gasteiger charge is 2.00. The topological polar surface area (TPSA) is 9.23 Å². The largest absolute Gasteiger partial charge is 0.494 e. The normalized spacial score (nSPS) is 9.69. The first-order chi connectivity index (χ1) is 6.27. The third-order valence-corrected chi connectivity index (χ3v) is 1.66. The molecule has 0 unspecified atom stereocenters. The summed E-state index contributed by atoms with van der Waals surface area (Å²) in [6.45, 7) is 6.13. The van der Waals surface area contributed by atoms with E-state index < -0.39 is 0 Å². The number of ether oxygens (including phenoxy) is 1. The lowest BCUT2D eigenvalue weighted by molar-refractivity contribution is 0.316. The second-order valence-electron chi connectivity index (χ2n) is 2.74. The van der Waals surface area contributed by atoms with Gasteiger partial charge in [0.05, 0.1) is 6.61 Å². The Kier molecular flexibility index (Phi) is 3.50. The van der Waals surface area contributed by atoms with Gasteiger partial charge in [-0.25, -0.2) is 4.39 Å². The fourth-order valence-electron chi connectivity index (χ4n) is 0.983. The Morgan fingerprint density at radius 2 is 2.31 bits per heavy atom. The van der Waals surface area contributed by atoms with Crippen LogP contribution in [0.4, 0.5) is 4.39 Å². The van der Waals surface area contributed by atoms with Gasteiger partial charge in [0.15, 0.2) is 0 Å². The third-order valence-electron chi connectivity index (χ3n) is 1.66. The highest BCUT2D eigenvalue weighted by molar-refractivity contribution is 5.49. The Bertz CT molecular complexity index is 294. The van der Waals surface area contributed by atoms with Crippen molar-refractivity contribution in [3.05, 3.63) is 36.2 Å². The number of hydrogen-bond acceptors (Lipinski definition) is 1. The molecular formula is C11H13FO. The fourth-order valence-corrected chi connectivity index (χ4v) is 0.983. The zero-order valence-corrected chi connectivity index (χ0v) is 7.72. The molecule has 0 fully saturated rings. The summed E-state index contributed by atoms with van der Waals surface area (Å²) >= 11 is 0. The quantitative estimate of drug-likeness (QED) is 0.691. The first-order valence-corrected chi connectivity index (χ1v) is 4.32. The highest BCUT2D eigenvalue weighted by Crippen LogP contribution is 2.17. The van der Waals surface area contributed by atoms with Gasteiger partial charge in [0.2, 0.25) is 0 Å². The summed E-state index contributed by atoms with van der Waals surface area (Å²) in [6, 6.07) is 4.79. The summed E-state index contributed by atoms with van der Waals surface area (Å²) in [7, 11) is 0. The van der Waals surface area contributed by atoms with Crippen molar-refractivity contribution < 1.29 is 9.13 Å². The molecule has 0 aliphatic heterocycles. The molecule has 0 spiro atoms. The van der Waals surface area contributed by atoms with E-state index >= 15 is 0 Å². The molecule has 0 aromatic heterocycles. The summed E-state index contributed by atoms with van der Waals surface area (Å²) in [5.74, 6) is 0.286. The third kappa shape index (κ3) is 2.58. The monoisotopic (exact) mass is 180 g/mol. The first-order valence-electron chi connectivity index (χ1n) is 4.32. The van der Waals surface area contributed by atoms with Crippen molar-refractivity contribution >= 4 is 6.08 Å². The van der Waals surface area contributed by atoms with E-state index in [2.05, 4.69) is 6.58 Å². The van der Waals surface area contributed by atoms with Gasteiger partial charge in [0, 0.05) is 11.6 Å². The SMILES string of the molecule is C=Cc1ccc(OCCC)cc1F. The molecule has 13 heavy (non-hydrogen) atoms. The van der Waals surface area contributed by atoms with E-state index in [9.17, 15) is 4.39 Å². The molecule has 0 saturated heterocycles. The maximum absolute atomic E-state index is 13.1. The lowest BCUT2D eigenvalue weighted by atomic mass is 10.2. The summed E-state index contributed by atoms with van der Waals surface area (Å²) in [6.07, 6.45) is 2.41. The van der Waals surface area contributed by atoms with Crippen LogP contribution in [0.3, 0.4) is 0 Å². The average Bonchev–Trinajstić information content (AvgIpc) is 2.15. The maximum atomic E-state index is 13.1. The van der Waals surface area contributed by atoms with E-state index in [4.69, 9.17) is 4.74 Å². The average molecular weight is 180 g/mol. The van der Waals surface area contributed by atoms with E-state index in [0.29, 0.717) is 17.9 Å². The van der Waals surface area contributed by atoms with Crippen LogP contribution in [-0.2, 0) is 0 Å². The molecule has 0 aliphatic carbocycles. The molecule has 0 heterocycles. The number of hydrogen-bond donors (Lipinski definition) is 0.